The second kappa shape index (κ2) is 8.62. The molecule has 118 valence electrons. The number of halogens is 1. The Hall–Kier alpha value is -0.770. The summed E-state index contributed by atoms with van der Waals surface area (Å²) < 4.78 is 11.2. The summed E-state index contributed by atoms with van der Waals surface area (Å²) in [6, 6.07) is 6.70. The highest BCUT2D eigenvalue weighted by molar-refractivity contribution is 6.32. The Labute approximate surface area is 133 Å². The highest BCUT2D eigenvalue weighted by Gasteiger charge is 2.20. The van der Waals surface area contributed by atoms with Gasteiger partial charge in [-0.3, -0.25) is 0 Å². The SMILES string of the molecule is CC(C)CCOCCOc1ccc(CNC2CC2)cc1Cl. The number of nitrogens with one attached hydrogen (secondary N) is 1. The van der Waals surface area contributed by atoms with Gasteiger partial charge in [0.05, 0.1) is 11.6 Å². The summed E-state index contributed by atoms with van der Waals surface area (Å²) in [6.45, 7) is 7.20. The standard InChI is InChI=1S/C17H26ClNO2/c1-13(2)7-8-20-9-10-21-17-6-3-14(11-16(17)18)12-19-15-4-5-15/h3,6,11,13,15,19H,4-5,7-10,12H2,1-2H3. The molecule has 1 aromatic carbocycles. The Balaban J connectivity index is 1.65. The molecule has 0 aromatic heterocycles. The van der Waals surface area contributed by atoms with Crippen LogP contribution in [-0.4, -0.2) is 25.9 Å². The van der Waals surface area contributed by atoms with Crippen LogP contribution in [0.3, 0.4) is 0 Å². The molecule has 0 saturated heterocycles. The van der Waals surface area contributed by atoms with Gasteiger partial charge in [0.1, 0.15) is 12.4 Å². The molecule has 21 heavy (non-hydrogen) atoms. The lowest BCUT2D eigenvalue weighted by atomic mass is 10.1. The minimum atomic E-state index is 0.539. The van der Waals surface area contributed by atoms with Crippen LogP contribution in [0.1, 0.15) is 38.7 Å². The molecule has 0 spiro atoms. The molecule has 1 aliphatic carbocycles. The van der Waals surface area contributed by atoms with E-state index in [2.05, 4.69) is 25.2 Å². The predicted octanol–water partition coefficient (Wildman–Crippen LogP) is 4.03. The molecule has 2 rings (SSSR count). The van der Waals surface area contributed by atoms with E-state index in [0.29, 0.717) is 30.2 Å². The summed E-state index contributed by atoms with van der Waals surface area (Å²) in [5.41, 5.74) is 1.20. The van der Waals surface area contributed by atoms with Crippen LogP contribution in [0.15, 0.2) is 18.2 Å². The molecule has 1 saturated carbocycles. The first kappa shape index (κ1) is 16.6. The van der Waals surface area contributed by atoms with Crippen LogP contribution in [0.2, 0.25) is 5.02 Å². The first-order valence-electron chi connectivity index (χ1n) is 7.87. The summed E-state index contributed by atoms with van der Waals surface area (Å²) in [6.07, 6.45) is 3.68. The van der Waals surface area contributed by atoms with Gasteiger partial charge in [0.15, 0.2) is 0 Å². The van der Waals surface area contributed by atoms with Crippen LogP contribution in [0.4, 0.5) is 0 Å². The highest BCUT2D eigenvalue weighted by atomic mass is 35.5. The van der Waals surface area contributed by atoms with Crippen LogP contribution in [-0.2, 0) is 11.3 Å². The van der Waals surface area contributed by atoms with Gasteiger partial charge in [-0.1, -0.05) is 31.5 Å². The molecular weight excluding hydrogens is 286 g/mol. The summed E-state index contributed by atoms with van der Waals surface area (Å²) in [5, 5.41) is 4.15. The van der Waals surface area contributed by atoms with Crippen molar-refractivity contribution in [1.29, 1.82) is 0 Å². The number of hydrogen-bond donors (Lipinski definition) is 1. The minimum Gasteiger partial charge on any atom is -0.490 e. The van der Waals surface area contributed by atoms with E-state index < -0.39 is 0 Å². The molecule has 0 radical (unpaired) electrons. The number of ether oxygens (including phenoxy) is 2. The van der Waals surface area contributed by atoms with Crippen molar-refractivity contribution in [2.75, 3.05) is 19.8 Å². The van der Waals surface area contributed by atoms with Crippen molar-refractivity contribution in [1.82, 2.24) is 5.32 Å². The zero-order chi connectivity index (χ0) is 15.1. The average molecular weight is 312 g/mol. The van der Waals surface area contributed by atoms with Crippen molar-refractivity contribution in [2.24, 2.45) is 5.92 Å². The second-order valence-electron chi connectivity index (χ2n) is 6.06. The minimum absolute atomic E-state index is 0.539. The highest BCUT2D eigenvalue weighted by Crippen LogP contribution is 2.26. The van der Waals surface area contributed by atoms with E-state index in [4.69, 9.17) is 21.1 Å². The maximum absolute atomic E-state index is 6.25. The summed E-state index contributed by atoms with van der Waals surface area (Å²) >= 11 is 6.25. The maximum atomic E-state index is 6.25. The lowest BCUT2D eigenvalue weighted by molar-refractivity contribution is 0.0926. The second-order valence-corrected chi connectivity index (χ2v) is 6.47. The Kier molecular flexibility index (Phi) is 6.81. The molecule has 1 N–H and O–H groups in total. The van der Waals surface area contributed by atoms with Crippen LogP contribution >= 0.6 is 11.6 Å². The van der Waals surface area contributed by atoms with Crippen molar-refractivity contribution < 1.29 is 9.47 Å². The van der Waals surface area contributed by atoms with E-state index >= 15 is 0 Å². The van der Waals surface area contributed by atoms with Crippen LogP contribution in [0, 0.1) is 5.92 Å². The molecule has 0 bridgehead atoms. The molecule has 1 aromatic rings. The molecule has 3 nitrogen and oxygen atoms in total. The van der Waals surface area contributed by atoms with Crippen molar-refractivity contribution in [3.05, 3.63) is 28.8 Å². The summed E-state index contributed by atoms with van der Waals surface area (Å²) in [4.78, 5) is 0. The van der Waals surface area contributed by atoms with Crippen molar-refractivity contribution >= 4 is 11.6 Å². The first-order valence-corrected chi connectivity index (χ1v) is 8.25. The van der Waals surface area contributed by atoms with Crippen molar-refractivity contribution in [2.45, 2.75) is 45.7 Å². The van der Waals surface area contributed by atoms with Gasteiger partial charge in [-0.05, 0) is 42.9 Å². The van der Waals surface area contributed by atoms with Gasteiger partial charge < -0.3 is 14.8 Å². The quantitative estimate of drug-likeness (QED) is 0.662. The molecule has 1 aliphatic rings. The molecule has 0 unspecified atom stereocenters. The third-order valence-electron chi connectivity index (χ3n) is 3.49. The normalized spacial score (nSPS) is 14.7. The topological polar surface area (TPSA) is 30.5 Å². The smallest absolute Gasteiger partial charge is 0.138 e. The van der Waals surface area contributed by atoms with Gasteiger partial charge in [-0.25, -0.2) is 0 Å². The van der Waals surface area contributed by atoms with E-state index in [0.717, 1.165) is 25.3 Å². The fourth-order valence-corrected chi connectivity index (χ4v) is 2.21. The van der Waals surface area contributed by atoms with Crippen LogP contribution in [0.5, 0.6) is 5.75 Å². The van der Waals surface area contributed by atoms with E-state index in [1.807, 2.05) is 12.1 Å². The maximum Gasteiger partial charge on any atom is 0.138 e. The lowest BCUT2D eigenvalue weighted by Crippen LogP contribution is -2.15. The Morgan fingerprint density at radius 3 is 2.71 bits per heavy atom. The van der Waals surface area contributed by atoms with Crippen LogP contribution < -0.4 is 10.1 Å². The first-order chi connectivity index (χ1) is 10.1. The van der Waals surface area contributed by atoms with E-state index in [1.165, 1.54) is 18.4 Å². The Morgan fingerprint density at radius 1 is 1.24 bits per heavy atom. The molecule has 0 atom stereocenters. The molecule has 0 heterocycles. The van der Waals surface area contributed by atoms with Crippen LogP contribution in [0.25, 0.3) is 0 Å². The van der Waals surface area contributed by atoms with Gasteiger partial charge in [0.2, 0.25) is 0 Å². The Morgan fingerprint density at radius 2 is 2.05 bits per heavy atom. The van der Waals surface area contributed by atoms with E-state index in [1.54, 1.807) is 0 Å². The molecular formula is C17H26ClNO2. The third kappa shape index (κ3) is 6.68. The lowest BCUT2D eigenvalue weighted by Gasteiger charge is -2.11. The predicted molar refractivity (Wildman–Crippen MR) is 87.1 cm³/mol. The van der Waals surface area contributed by atoms with Gasteiger partial charge in [-0.15, -0.1) is 0 Å². The monoisotopic (exact) mass is 311 g/mol. The number of benzene rings is 1. The van der Waals surface area contributed by atoms with Gasteiger partial charge >= 0.3 is 0 Å². The molecule has 1 fully saturated rings. The zero-order valence-electron chi connectivity index (χ0n) is 13.0. The van der Waals surface area contributed by atoms with Gasteiger partial charge in [0.25, 0.3) is 0 Å². The molecule has 4 heteroatoms. The molecule has 0 amide bonds. The van der Waals surface area contributed by atoms with Gasteiger partial charge in [0, 0.05) is 19.2 Å². The Bertz CT molecular complexity index is 433. The van der Waals surface area contributed by atoms with Gasteiger partial charge in [-0.2, -0.15) is 0 Å². The number of hydrogen-bond acceptors (Lipinski definition) is 3. The third-order valence-corrected chi connectivity index (χ3v) is 3.79. The average Bonchev–Trinajstić information content (AvgIpc) is 3.26. The fraction of sp³-hybridized carbons (Fsp3) is 0.647. The van der Waals surface area contributed by atoms with Crippen molar-refractivity contribution in [3.8, 4) is 5.75 Å². The van der Waals surface area contributed by atoms with E-state index in [-0.39, 0.29) is 0 Å². The van der Waals surface area contributed by atoms with E-state index in [9.17, 15) is 0 Å². The summed E-state index contributed by atoms with van der Waals surface area (Å²) in [7, 11) is 0. The summed E-state index contributed by atoms with van der Waals surface area (Å²) in [5.74, 6) is 1.41. The number of rotatable bonds is 10. The molecule has 0 aliphatic heterocycles. The zero-order valence-corrected chi connectivity index (χ0v) is 13.8. The fourth-order valence-electron chi connectivity index (χ4n) is 1.95. The largest absolute Gasteiger partial charge is 0.490 e. The van der Waals surface area contributed by atoms with Crippen molar-refractivity contribution in [3.63, 3.8) is 0 Å².